The Kier molecular flexibility index (Phi) is 6.22. The molecule has 4 rings (SSSR count). The number of nitrogens with zero attached hydrogens (tertiary/aromatic N) is 4. The van der Waals surface area contributed by atoms with Crippen molar-refractivity contribution in [3.63, 3.8) is 0 Å². The fourth-order valence-corrected chi connectivity index (χ4v) is 4.49. The molecule has 5 nitrogen and oxygen atoms in total. The van der Waals surface area contributed by atoms with Crippen LogP contribution in [0.5, 0.6) is 0 Å². The smallest absolute Gasteiger partial charge is 0.347 e. The van der Waals surface area contributed by atoms with Crippen LogP contribution in [0.2, 0.25) is 5.02 Å². The molecule has 0 bridgehead atoms. The Labute approximate surface area is 195 Å². The average Bonchev–Trinajstić information content (AvgIpc) is 2.77. The molecule has 1 aromatic heterocycles. The minimum absolute atomic E-state index is 0.161. The molecular formula is C24H24ClF3N4O. The molecule has 1 aliphatic heterocycles. The van der Waals surface area contributed by atoms with E-state index in [1.54, 1.807) is 4.90 Å². The molecule has 0 N–H and O–H groups in total. The zero-order valence-corrected chi connectivity index (χ0v) is 19.3. The van der Waals surface area contributed by atoms with Gasteiger partial charge < -0.3 is 9.80 Å². The standard InChI is InChI=1S/C24H24ClF3N4O/c1-14-7-4-5-8-15(14)21-16-11-12-32(13-19(16)29-23(30-21)31(2)3)22(33)17-9-6-10-18(20(17)25)24(26,27)28/h4-6,8-10,14H,7,11-13H2,1-3H3. The number of aromatic nitrogens is 2. The van der Waals surface area contributed by atoms with E-state index < -0.39 is 22.7 Å². The Hall–Kier alpha value is -2.87. The van der Waals surface area contributed by atoms with E-state index in [0.29, 0.717) is 30.5 Å². The maximum atomic E-state index is 13.3. The molecule has 33 heavy (non-hydrogen) atoms. The highest BCUT2D eigenvalue weighted by molar-refractivity contribution is 6.34. The predicted molar refractivity (Wildman–Crippen MR) is 122 cm³/mol. The van der Waals surface area contributed by atoms with Crippen LogP contribution in [0.15, 0.2) is 36.4 Å². The molecule has 1 aliphatic carbocycles. The van der Waals surface area contributed by atoms with Gasteiger partial charge in [0, 0.05) is 26.2 Å². The number of carbonyl (C=O) groups is 1. The third-order valence-electron chi connectivity index (χ3n) is 5.98. The van der Waals surface area contributed by atoms with E-state index >= 15 is 0 Å². The molecule has 174 valence electrons. The van der Waals surface area contributed by atoms with E-state index in [0.717, 1.165) is 29.3 Å². The summed E-state index contributed by atoms with van der Waals surface area (Å²) >= 11 is 6.00. The number of benzene rings is 1. The number of anilines is 1. The first kappa shape index (κ1) is 23.3. The zero-order valence-electron chi connectivity index (χ0n) is 18.6. The number of carbonyl (C=O) groups excluding carboxylic acids is 1. The van der Waals surface area contributed by atoms with Gasteiger partial charge in [-0.3, -0.25) is 4.79 Å². The lowest BCUT2D eigenvalue weighted by molar-refractivity contribution is -0.137. The van der Waals surface area contributed by atoms with Gasteiger partial charge in [0.1, 0.15) is 0 Å². The summed E-state index contributed by atoms with van der Waals surface area (Å²) in [6.07, 6.45) is 3.00. The summed E-state index contributed by atoms with van der Waals surface area (Å²) in [5.74, 6) is 0.280. The summed E-state index contributed by atoms with van der Waals surface area (Å²) in [5, 5.41) is -0.578. The van der Waals surface area contributed by atoms with Crippen molar-refractivity contribution >= 4 is 29.0 Å². The van der Waals surface area contributed by atoms with Crippen molar-refractivity contribution in [2.24, 2.45) is 5.92 Å². The lowest BCUT2D eigenvalue weighted by atomic mass is 9.87. The van der Waals surface area contributed by atoms with Gasteiger partial charge in [0.05, 0.1) is 34.1 Å². The van der Waals surface area contributed by atoms with E-state index in [4.69, 9.17) is 16.6 Å². The summed E-state index contributed by atoms with van der Waals surface area (Å²) < 4.78 is 39.8. The molecule has 2 aliphatic rings. The largest absolute Gasteiger partial charge is 0.417 e. The fourth-order valence-electron chi connectivity index (χ4n) is 4.17. The normalized spacial score (nSPS) is 18.1. The van der Waals surface area contributed by atoms with Crippen LogP contribution in [0.1, 0.15) is 46.2 Å². The molecule has 1 aromatic carbocycles. The summed E-state index contributed by atoms with van der Waals surface area (Å²) in [6, 6.07) is 3.41. The maximum absolute atomic E-state index is 13.3. The van der Waals surface area contributed by atoms with Crippen LogP contribution in [0.4, 0.5) is 19.1 Å². The van der Waals surface area contributed by atoms with Gasteiger partial charge in [-0.05, 0) is 36.5 Å². The van der Waals surface area contributed by atoms with Crippen molar-refractivity contribution in [1.82, 2.24) is 14.9 Å². The zero-order chi connectivity index (χ0) is 23.9. The number of amides is 1. The van der Waals surface area contributed by atoms with Crippen molar-refractivity contribution in [1.29, 1.82) is 0 Å². The highest BCUT2D eigenvalue weighted by Gasteiger charge is 2.36. The molecular weight excluding hydrogens is 453 g/mol. The maximum Gasteiger partial charge on any atom is 0.417 e. The first-order valence-corrected chi connectivity index (χ1v) is 11.0. The molecule has 1 atom stereocenters. The van der Waals surface area contributed by atoms with Crippen molar-refractivity contribution < 1.29 is 18.0 Å². The number of fused-ring (bicyclic) bond motifs is 1. The topological polar surface area (TPSA) is 49.3 Å². The first-order valence-electron chi connectivity index (χ1n) is 10.7. The number of halogens is 4. The molecule has 0 saturated carbocycles. The Morgan fingerprint density at radius 2 is 2.00 bits per heavy atom. The van der Waals surface area contributed by atoms with E-state index in [1.807, 2.05) is 20.2 Å². The van der Waals surface area contributed by atoms with Crippen molar-refractivity contribution in [3.8, 4) is 0 Å². The second-order valence-corrected chi connectivity index (χ2v) is 8.90. The Bertz CT molecular complexity index is 1160. The Morgan fingerprint density at radius 1 is 1.24 bits per heavy atom. The van der Waals surface area contributed by atoms with Gasteiger partial charge in [0.2, 0.25) is 5.95 Å². The number of hydrogen-bond donors (Lipinski definition) is 0. The summed E-state index contributed by atoms with van der Waals surface area (Å²) in [7, 11) is 3.69. The van der Waals surface area contributed by atoms with Crippen molar-refractivity contribution in [2.45, 2.75) is 32.5 Å². The van der Waals surface area contributed by atoms with Gasteiger partial charge in [-0.25, -0.2) is 9.97 Å². The van der Waals surface area contributed by atoms with Crippen LogP contribution in [0.25, 0.3) is 5.57 Å². The molecule has 2 aromatic rings. The Balaban J connectivity index is 1.71. The first-order chi connectivity index (χ1) is 15.6. The molecule has 0 spiro atoms. The Morgan fingerprint density at radius 3 is 2.67 bits per heavy atom. The quantitative estimate of drug-likeness (QED) is 0.595. The van der Waals surface area contributed by atoms with Gasteiger partial charge in [0.15, 0.2) is 0 Å². The third kappa shape index (κ3) is 4.49. The van der Waals surface area contributed by atoms with E-state index in [9.17, 15) is 18.0 Å². The summed E-state index contributed by atoms with van der Waals surface area (Å²) in [6.45, 7) is 2.66. The van der Waals surface area contributed by atoms with Gasteiger partial charge in [-0.2, -0.15) is 13.2 Å². The third-order valence-corrected chi connectivity index (χ3v) is 6.39. The number of hydrogen-bond acceptors (Lipinski definition) is 4. The predicted octanol–water partition coefficient (Wildman–Crippen LogP) is 5.39. The van der Waals surface area contributed by atoms with Gasteiger partial charge in [-0.15, -0.1) is 0 Å². The molecule has 1 amide bonds. The summed E-state index contributed by atoms with van der Waals surface area (Å²) in [5.41, 5.74) is 2.51. The van der Waals surface area contributed by atoms with Crippen LogP contribution in [0.3, 0.4) is 0 Å². The van der Waals surface area contributed by atoms with Crippen molar-refractivity contribution in [2.75, 3.05) is 25.5 Å². The SMILES string of the molecule is CC1CC=CC=C1c1nc(N(C)C)nc2c1CCN(C(=O)c1cccc(C(F)(F)F)c1Cl)C2. The van der Waals surface area contributed by atoms with Gasteiger partial charge in [0.25, 0.3) is 5.91 Å². The summed E-state index contributed by atoms with van der Waals surface area (Å²) in [4.78, 5) is 25.9. The highest BCUT2D eigenvalue weighted by Crippen LogP contribution is 2.38. The molecule has 9 heteroatoms. The second-order valence-electron chi connectivity index (χ2n) is 8.52. The lowest BCUT2D eigenvalue weighted by Crippen LogP contribution is -2.38. The number of rotatable bonds is 3. The molecule has 0 radical (unpaired) electrons. The van der Waals surface area contributed by atoms with E-state index in [1.165, 1.54) is 17.0 Å². The van der Waals surface area contributed by atoms with Crippen LogP contribution < -0.4 is 4.90 Å². The van der Waals surface area contributed by atoms with Crippen molar-refractivity contribution in [3.05, 3.63) is 69.5 Å². The van der Waals surface area contributed by atoms with E-state index in [-0.39, 0.29) is 12.1 Å². The molecule has 0 saturated heterocycles. The fraction of sp³-hybridized carbons (Fsp3) is 0.375. The minimum Gasteiger partial charge on any atom is -0.347 e. The van der Waals surface area contributed by atoms with Crippen LogP contribution in [-0.2, 0) is 19.1 Å². The second kappa shape index (κ2) is 8.82. The average molecular weight is 477 g/mol. The minimum atomic E-state index is -4.64. The number of allylic oxidation sites excluding steroid dienone is 4. The monoisotopic (exact) mass is 476 g/mol. The van der Waals surface area contributed by atoms with Gasteiger partial charge in [-0.1, -0.05) is 42.8 Å². The molecule has 1 unspecified atom stereocenters. The van der Waals surface area contributed by atoms with Crippen LogP contribution in [0, 0.1) is 5.92 Å². The van der Waals surface area contributed by atoms with Crippen LogP contribution in [-0.4, -0.2) is 41.4 Å². The number of alkyl halides is 3. The highest BCUT2D eigenvalue weighted by atomic mass is 35.5. The lowest BCUT2D eigenvalue weighted by Gasteiger charge is -2.31. The molecule has 0 fully saturated rings. The van der Waals surface area contributed by atoms with Crippen LogP contribution >= 0.6 is 11.6 Å². The van der Waals surface area contributed by atoms with E-state index in [2.05, 4.69) is 24.1 Å². The molecule has 2 heterocycles. The van der Waals surface area contributed by atoms with Gasteiger partial charge >= 0.3 is 6.18 Å².